The molecule has 1 N–H and O–H groups in total. The summed E-state index contributed by atoms with van der Waals surface area (Å²) in [6, 6.07) is 6.25. The molecule has 2 aromatic carbocycles. The standard InChI is InChI=1S/C28H24F8N2O2/c1-16-24-19(6-9-37-16)14-25(40-24)7-10-38(11-8-25)15-17-12-21(29)23(22(30)13-17)18-2-4-20(5-3-18)26(39,27(31,32)33)28(34,35)36/h2-6,9,12-13,39H,7-8,10-11,14-15H2,1H3. The molecular weight excluding hydrogens is 548 g/mol. The predicted octanol–water partition coefficient (Wildman–Crippen LogP) is 6.62. The van der Waals surface area contributed by atoms with Gasteiger partial charge in [0.15, 0.2) is 0 Å². The van der Waals surface area contributed by atoms with Crippen LogP contribution in [0.5, 0.6) is 5.75 Å². The molecule has 12 heteroatoms. The molecule has 1 spiro atoms. The molecule has 0 amide bonds. The summed E-state index contributed by atoms with van der Waals surface area (Å²) in [6.07, 6.45) is -8.21. The van der Waals surface area contributed by atoms with Gasteiger partial charge in [-0.05, 0) is 36.2 Å². The summed E-state index contributed by atoms with van der Waals surface area (Å²) in [5.74, 6) is -1.23. The van der Waals surface area contributed by atoms with Gasteiger partial charge in [0.05, 0.1) is 11.3 Å². The molecule has 40 heavy (non-hydrogen) atoms. The van der Waals surface area contributed by atoms with E-state index < -0.39 is 40.7 Å². The number of hydrogen-bond donors (Lipinski definition) is 1. The highest BCUT2D eigenvalue weighted by Gasteiger charge is 2.71. The Morgan fingerprint density at radius 2 is 1.50 bits per heavy atom. The lowest BCUT2D eigenvalue weighted by atomic mass is 9.87. The second-order valence-electron chi connectivity index (χ2n) is 10.3. The SMILES string of the molecule is Cc1nccc2c1OC1(CCN(Cc3cc(F)c(-c4ccc(C(O)(C(F)(F)F)C(F)(F)F)cc4)c(F)c3)CC1)C2. The van der Waals surface area contributed by atoms with Crippen LogP contribution in [0.4, 0.5) is 35.1 Å². The van der Waals surface area contributed by atoms with Crippen molar-refractivity contribution < 1.29 is 45.0 Å². The maximum absolute atomic E-state index is 15.0. The molecule has 3 aromatic rings. The lowest BCUT2D eigenvalue weighted by Crippen LogP contribution is -2.53. The number of piperidine rings is 1. The third-order valence-electron chi connectivity index (χ3n) is 7.68. The van der Waals surface area contributed by atoms with Crippen molar-refractivity contribution in [2.45, 2.75) is 56.3 Å². The third-order valence-corrected chi connectivity index (χ3v) is 7.68. The number of pyridine rings is 1. The fraction of sp³-hybridized carbons (Fsp3) is 0.393. The van der Waals surface area contributed by atoms with Crippen molar-refractivity contribution in [1.29, 1.82) is 0 Å². The van der Waals surface area contributed by atoms with Gasteiger partial charge in [0, 0.05) is 56.2 Å². The van der Waals surface area contributed by atoms with Crippen LogP contribution in [-0.2, 0) is 18.6 Å². The average Bonchev–Trinajstić information content (AvgIpc) is 3.23. The second-order valence-corrected chi connectivity index (χ2v) is 10.3. The number of alkyl halides is 6. The molecule has 1 fully saturated rings. The van der Waals surface area contributed by atoms with Gasteiger partial charge in [0.2, 0.25) is 0 Å². The molecule has 0 bridgehead atoms. The Morgan fingerprint density at radius 1 is 0.925 bits per heavy atom. The third kappa shape index (κ3) is 4.81. The quantitative estimate of drug-likeness (QED) is 0.357. The number of likely N-dealkylation sites (tertiary alicyclic amines) is 1. The van der Waals surface area contributed by atoms with Crippen LogP contribution in [0.2, 0.25) is 0 Å². The predicted molar refractivity (Wildman–Crippen MR) is 128 cm³/mol. The first-order valence-electron chi connectivity index (χ1n) is 12.4. The van der Waals surface area contributed by atoms with E-state index in [0.29, 0.717) is 55.8 Å². The van der Waals surface area contributed by atoms with Crippen molar-refractivity contribution in [3.8, 4) is 16.9 Å². The van der Waals surface area contributed by atoms with Gasteiger partial charge in [-0.3, -0.25) is 9.88 Å². The molecule has 5 rings (SSSR count). The van der Waals surface area contributed by atoms with E-state index >= 15 is 0 Å². The van der Waals surface area contributed by atoms with E-state index in [4.69, 9.17) is 4.74 Å². The van der Waals surface area contributed by atoms with Gasteiger partial charge in [0.1, 0.15) is 23.0 Å². The van der Waals surface area contributed by atoms with Crippen LogP contribution in [0.25, 0.3) is 11.1 Å². The van der Waals surface area contributed by atoms with E-state index in [1.165, 1.54) is 0 Å². The summed E-state index contributed by atoms with van der Waals surface area (Å²) in [6.45, 7) is 3.36. The van der Waals surface area contributed by atoms with E-state index in [1.54, 1.807) is 6.20 Å². The first kappa shape index (κ1) is 28.3. The van der Waals surface area contributed by atoms with Gasteiger partial charge in [-0.1, -0.05) is 24.3 Å². The molecule has 214 valence electrons. The van der Waals surface area contributed by atoms with E-state index in [-0.39, 0.29) is 17.7 Å². The molecule has 0 unspecified atom stereocenters. The van der Waals surface area contributed by atoms with Crippen molar-refractivity contribution >= 4 is 0 Å². The van der Waals surface area contributed by atoms with Crippen molar-refractivity contribution in [2.24, 2.45) is 0 Å². The van der Waals surface area contributed by atoms with Crippen molar-refractivity contribution in [1.82, 2.24) is 9.88 Å². The molecule has 2 aliphatic rings. The molecule has 1 aromatic heterocycles. The summed E-state index contributed by atoms with van der Waals surface area (Å²) in [7, 11) is 0. The summed E-state index contributed by atoms with van der Waals surface area (Å²) in [5, 5.41) is 9.53. The topological polar surface area (TPSA) is 45.6 Å². The lowest BCUT2D eigenvalue weighted by Gasteiger charge is -2.38. The Hall–Kier alpha value is -3.25. The normalized spacial score (nSPS) is 17.6. The van der Waals surface area contributed by atoms with Crippen LogP contribution in [0, 0.1) is 18.6 Å². The summed E-state index contributed by atoms with van der Waals surface area (Å²) in [5.41, 5.74) is -5.61. The molecular formula is C28H24F8N2O2. The van der Waals surface area contributed by atoms with E-state index in [0.717, 1.165) is 35.6 Å². The number of ether oxygens (including phenoxy) is 1. The Labute approximate surface area is 224 Å². The second kappa shape index (κ2) is 9.69. The summed E-state index contributed by atoms with van der Waals surface area (Å²) in [4.78, 5) is 6.30. The Kier molecular flexibility index (Phi) is 6.85. The van der Waals surface area contributed by atoms with Crippen LogP contribution in [0.3, 0.4) is 0 Å². The number of nitrogens with zero attached hydrogens (tertiary/aromatic N) is 2. The Balaban J connectivity index is 1.29. The van der Waals surface area contributed by atoms with Gasteiger partial charge < -0.3 is 9.84 Å². The first-order valence-corrected chi connectivity index (χ1v) is 12.4. The molecule has 0 saturated carbocycles. The van der Waals surface area contributed by atoms with Crippen molar-refractivity contribution in [2.75, 3.05) is 13.1 Å². The van der Waals surface area contributed by atoms with E-state index in [1.807, 2.05) is 17.9 Å². The highest BCUT2D eigenvalue weighted by molar-refractivity contribution is 5.66. The Bertz CT molecular complexity index is 1370. The molecule has 1 saturated heterocycles. The summed E-state index contributed by atoms with van der Waals surface area (Å²) < 4.78 is 115. The molecule has 0 radical (unpaired) electrons. The molecule has 4 nitrogen and oxygen atoms in total. The number of fused-ring (bicyclic) bond motifs is 1. The fourth-order valence-electron chi connectivity index (χ4n) is 5.50. The molecule has 2 aliphatic heterocycles. The average molecular weight is 572 g/mol. The fourth-order valence-corrected chi connectivity index (χ4v) is 5.50. The van der Waals surface area contributed by atoms with Crippen LogP contribution >= 0.6 is 0 Å². The zero-order chi connectivity index (χ0) is 29.1. The number of hydrogen-bond acceptors (Lipinski definition) is 4. The van der Waals surface area contributed by atoms with Crippen molar-refractivity contribution in [3.63, 3.8) is 0 Å². The van der Waals surface area contributed by atoms with E-state index in [9.17, 15) is 40.2 Å². The largest absolute Gasteiger partial charge is 0.485 e. The minimum atomic E-state index is -6.07. The van der Waals surface area contributed by atoms with E-state index in [2.05, 4.69) is 4.98 Å². The zero-order valence-corrected chi connectivity index (χ0v) is 21.1. The van der Waals surface area contributed by atoms with Gasteiger partial charge in [-0.15, -0.1) is 0 Å². The zero-order valence-electron chi connectivity index (χ0n) is 21.1. The smallest absolute Gasteiger partial charge is 0.430 e. The van der Waals surface area contributed by atoms with Crippen molar-refractivity contribution in [3.05, 3.63) is 82.7 Å². The maximum atomic E-state index is 15.0. The minimum absolute atomic E-state index is 0.237. The van der Waals surface area contributed by atoms with Crippen LogP contribution in [-0.4, -0.2) is 46.0 Å². The first-order chi connectivity index (χ1) is 18.6. The number of halogens is 8. The van der Waals surface area contributed by atoms with Gasteiger partial charge in [0.25, 0.3) is 5.60 Å². The van der Waals surface area contributed by atoms with Crippen LogP contribution in [0.15, 0.2) is 48.7 Å². The monoisotopic (exact) mass is 572 g/mol. The lowest BCUT2D eigenvalue weighted by molar-refractivity contribution is -0.376. The number of benzene rings is 2. The Morgan fingerprint density at radius 3 is 2.02 bits per heavy atom. The molecule has 0 aliphatic carbocycles. The number of aromatic nitrogens is 1. The molecule has 0 atom stereocenters. The van der Waals surface area contributed by atoms with Crippen LogP contribution in [0.1, 0.15) is 35.2 Å². The maximum Gasteiger partial charge on any atom is 0.430 e. The minimum Gasteiger partial charge on any atom is -0.485 e. The molecule has 3 heterocycles. The van der Waals surface area contributed by atoms with Gasteiger partial charge >= 0.3 is 12.4 Å². The number of aliphatic hydroxyl groups is 1. The summed E-state index contributed by atoms with van der Waals surface area (Å²) >= 11 is 0. The highest BCUT2D eigenvalue weighted by Crippen LogP contribution is 2.50. The highest BCUT2D eigenvalue weighted by atomic mass is 19.4. The van der Waals surface area contributed by atoms with Gasteiger partial charge in [-0.25, -0.2) is 8.78 Å². The number of rotatable bonds is 4. The number of aryl methyl sites for hydroxylation is 1. The van der Waals surface area contributed by atoms with Crippen LogP contribution < -0.4 is 4.74 Å². The van der Waals surface area contributed by atoms with Gasteiger partial charge in [-0.2, -0.15) is 26.3 Å².